The number of hydrogen-bond donors (Lipinski definition) is 1. The maximum atomic E-state index is 14.5. The van der Waals surface area contributed by atoms with Crippen LogP contribution in [0.3, 0.4) is 0 Å². The molecule has 0 spiro atoms. The fourth-order valence-corrected chi connectivity index (χ4v) is 3.29. The number of ether oxygens (including phenoxy) is 1. The molecule has 0 aliphatic heterocycles. The van der Waals surface area contributed by atoms with Gasteiger partial charge in [-0.25, -0.2) is 8.78 Å². The fraction of sp³-hybridized carbons (Fsp3) is 0.240. The summed E-state index contributed by atoms with van der Waals surface area (Å²) in [5.74, 6) is -0.965. The Labute approximate surface area is 175 Å². The van der Waals surface area contributed by atoms with Gasteiger partial charge < -0.3 is 10.1 Å². The first-order chi connectivity index (χ1) is 14.3. The SMILES string of the molecule is CC(C)OC(=O)Cc1cccc(NC(C)c2cc(-c3cccc(F)c3)ccc2F)c1. The van der Waals surface area contributed by atoms with Crippen molar-refractivity contribution < 1.29 is 18.3 Å². The summed E-state index contributed by atoms with van der Waals surface area (Å²) in [6, 6.07) is 18.1. The van der Waals surface area contributed by atoms with Crippen LogP contribution in [0.25, 0.3) is 11.1 Å². The maximum absolute atomic E-state index is 14.5. The molecule has 0 aliphatic carbocycles. The van der Waals surface area contributed by atoms with Crippen LogP contribution in [-0.4, -0.2) is 12.1 Å². The van der Waals surface area contributed by atoms with E-state index >= 15 is 0 Å². The van der Waals surface area contributed by atoms with Crippen LogP contribution in [0.4, 0.5) is 14.5 Å². The summed E-state index contributed by atoms with van der Waals surface area (Å²) in [4.78, 5) is 11.9. The number of hydrogen-bond acceptors (Lipinski definition) is 3. The Morgan fingerprint density at radius 2 is 1.67 bits per heavy atom. The van der Waals surface area contributed by atoms with Crippen LogP contribution < -0.4 is 5.32 Å². The maximum Gasteiger partial charge on any atom is 0.310 e. The average Bonchev–Trinajstić information content (AvgIpc) is 2.67. The van der Waals surface area contributed by atoms with Crippen molar-refractivity contribution in [3.8, 4) is 11.1 Å². The minimum Gasteiger partial charge on any atom is -0.463 e. The standard InChI is InChI=1S/C25H25F2NO2/c1-16(2)30-25(29)13-18-6-4-9-22(12-18)28-17(3)23-15-20(10-11-24(23)27)19-7-5-8-21(26)14-19/h4-12,14-17,28H,13H2,1-3H3. The van der Waals surface area contributed by atoms with Crippen molar-refractivity contribution in [1.29, 1.82) is 0 Å². The van der Waals surface area contributed by atoms with Crippen molar-refractivity contribution in [1.82, 2.24) is 0 Å². The first-order valence-electron chi connectivity index (χ1n) is 9.92. The predicted octanol–water partition coefficient (Wildman–Crippen LogP) is 6.30. The highest BCUT2D eigenvalue weighted by molar-refractivity contribution is 5.73. The molecule has 1 unspecified atom stereocenters. The van der Waals surface area contributed by atoms with E-state index in [1.807, 2.05) is 45.0 Å². The molecule has 0 saturated carbocycles. The fourth-order valence-electron chi connectivity index (χ4n) is 3.29. The molecule has 0 amide bonds. The van der Waals surface area contributed by atoms with Crippen LogP contribution in [0.5, 0.6) is 0 Å². The van der Waals surface area contributed by atoms with E-state index in [0.29, 0.717) is 11.1 Å². The molecule has 0 fully saturated rings. The zero-order valence-corrected chi connectivity index (χ0v) is 17.3. The van der Waals surface area contributed by atoms with E-state index in [-0.39, 0.29) is 36.2 Å². The van der Waals surface area contributed by atoms with Gasteiger partial charge in [-0.3, -0.25) is 4.79 Å². The van der Waals surface area contributed by atoms with E-state index in [4.69, 9.17) is 4.74 Å². The van der Waals surface area contributed by atoms with Crippen LogP contribution in [0, 0.1) is 11.6 Å². The zero-order valence-electron chi connectivity index (χ0n) is 17.3. The molecule has 3 rings (SSSR count). The average molecular weight is 409 g/mol. The molecule has 0 bridgehead atoms. The van der Waals surface area contributed by atoms with E-state index < -0.39 is 0 Å². The van der Waals surface area contributed by atoms with Crippen LogP contribution in [0.1, 0.15) is 37.9 Å². The van der Waals surface area contributed by atoms with Crippen molar-refractivity contribution in [3.63, 3.8) is 0 Å². The third-order valence-electron chi connectivity index (χ3n) is 4.65. The van der Waals surface area contributed by atoms with E-state index in [9.17, 15) is 13.6 Å². The molecular formula is C25H25F2NO2. The number of benzene rings is 3. The number of anilines is 1. The van der Waals surface area contributed by atoms with Crippen LogP contribution in [0.15, 0.2) is 66.7 Å². The number of rotatable bonds is 7. The molecule has 0 heterocycles. The molecule has 0 radical (unpaired) electrons. The molecule has 30 heavy (non-hydrogen) atoms. The van der Waals surface area contributed by atoms with Gasteiger partial charge in [0, 0.05) is 11.3 Å². The number of carbonyl (C=O) groups is 1. The summed E-state index contributed by atoms with van der Waals surface area (Å²) in [6.07, 6.45) is 0.0121. The van der Waals surface area contributed by atoms with Gasteiger partial charge in [0.05, 0.1) is 18.6 Å². The molecule has 156 valence electrons. The largest absolute Gasteiger partial charge is 0.463 e. The molecule has 5 heteroatoms. The van der Waals surface area contributed by atoms with Gasteiger partial charge in [0.25, 0.3) is 0 Å². The second kappa shape index (κ2) is 9.53. The van der Waals surface area contributed by atoms with Gasteiger partial charge in [0.1, 0.15) is 11.6 Å². The Balaban J connectivity index is 1.77. The molecule has 0 aliphatic rings. The molecule has 3 nitrogen and oxygen atoms in total. The lowest BCUT2D eigenvalue weighted by atomic mass is 9.99. The molecule has 0 aromatic heterocycles. The van der Waals surface area contributed by atoms with E-state index in [2.05, 4.69) is 5.32 Å². The summed E-state index contributed by atoms with van der Waals surface area (Å²) in [5, 5.41) is 3.28. The zero-order chi connectivity index (χ0) is 21.7. The van der Waals surface area contributed by atoms with Crippen LogP contribution in [0.2, 0.25) is 0 Å². The minimum absolute atomic E-state index is 0.160. The Morgan fingerprint density at radius 3 is 2.40 bits per heavy atom. The van der Waals surface area contributed by atoms with E-state index in [1.165, 1.54) is 18.2 Å². The van der Waals surface area contributed by atoms with Crippen molar-refractivity contribution in [2.24, 2.45) is 0 Å². The smallest absolute Gasteiger partial charge is 0.310 e. The minimum atomic E-state index is -0.341. The molecule has 1 atom stereocenters. The highest BCUT2D eigenvalue weighted by Crippen LogP contribution is 2.28. The van der Waals surface area contributed by atoms with Gasteiger partial charge >= 0.3 is 5.97 Å². The molecule has 3 aromatic rings. The van der Waals surface area contributed by atoms with Gasteiger partial charge in [-0.2, -0.15) is 0 Å². The van der Waals surface area contributed by atoms with Crippen molar-refractivity contribution in [2.75, 3.05) is 5.32 Å². The highest BCUT2D eigenvalue weighted by atomic mass is 19.1. The Hall–Kier alpha value is -3.21. The molecule has 1 N–H and O–H groups in total. The quantitative estimate of drug-likeness (QED) is 0.466. The third kappa shape index (κ3) is 5.66. The third-order valence-corrected chi connectivity index (χ3v) is 4.65. The number of halogens is 2. The van der Waals surface area contributed by atoms with Crippen molar-refractivity contribution in [2.45, 2.75) is 39.3 Å². The van der Waals surface area contributed by atoms with Gasteiger partial charge in [0.2, 0.25) is 0 Å². The second-order valence-electron chi connectivity index (χ2n) is 7.53. The van der Waals surface area contributed by atoms with Crippen molar-refractivity contribution in [3.05, 3.63) is 89.5 Å². The highest BCUT2D eigenvalue weighted by Gasteiger charge is 2.14. The Morgan fingerprint density at radius 1 is 0.933 bits per heavy atom. The van der Waals surface area contributed by atoms with Gasteiger partial charge in [-0.05, 0) is 73.9 Å². The predicted molar refractivity (Wildman–Crippen MR) is 115 cm³/mol. The summed E-state index contributed by atoms with van der Waals surface area (Å²) < 4.78 is 33.3. The number of esters is 1. The van der Waals surface area contributed by atoms with Gasteiger partial charge in [-0.15, -0.1) is 0 Å². The van der Waals surface area contributed by atoms with E-state index in [0.717, 1.165) is 16.8 Å². The van der Waals surface area contributed by atoms with Gasteiger partial charge in [-0.1, -0.05) is 30.3 Å². The lowest BCUT2D eigenvalue weighted by Crippen LogP contribution is -2.14. The number of carbonyl (C=O) groups excluding carboxylic acids is 1. The normalized spacial score (nSPS) is 11.9. The topological polar surface area (TPSA) is 38.3 Å². The summed E-state index contributed by atoms with van der Waals surface area (Å²) in [7, 11) is 0. The monoisotopic (exact) mass is 409 g/mol. The summed E-state index contributed by atoms with van der Waals surface area (Å²) >= 11 is 0. The summed E-state index contributed by atoms with van der Waals surface area (Å²) in [6.45, 7) is 5.47. The van der Waals surface area contributed by atoms with E-state index in [1.54, 1.807) is 24.3 Å². The van der Waals surface area contributed by atoms with Crippen molar-refractivity contribution >= 4 is 11.7 Å². The first-order valence-corrected chi connectivity index (χ1v) is 9.92. The Bertz CT molecular complexity index is 1030. The molecule has 0 saturated heterocycles. The number of nitrogens with one attached hydrogen (secondary N) is 1. The van der Waals surface area contributed by atoms with Crippen LogP contribution >= 0.6 is 0 Å². The molecular weight excluding hydrogens is 384 g/mol. The molecule has 3 aromatic carbocycles. The summed E-state index contributed by atoms with van der Waals surface area (Å²) in [5.41, 5.74) is 3.49. The van der Waals surface area contributed by atoms with Crippen LogP contribution in [-0.2, 0) is 16.0 Å². The second-order valence-corrected chi connectivity index (χ2v) is 7.53. The Kier molecular flexibility index (Phi) is 6.83. The first kappa shape index (κ1) is 21.5. The lowest BCUT2D eigenvalue weighted by Gasteiger charge is -2.18. The lowest BCUT2D eigenvalue weighted by molar-refractivity contribution is -0.146. The van der Waals surface area contributed by atoms with Gasteiger partial charge in [0.15, 0.2) is 0 Å².